The molecule has 9 heteroatoms. The smallest absolute Gasteiger partial charge is 0.269 e. The van der Waals surface area contributed by atoms with Gasteiger partial charge in [-0.15, -0.1) is 0 Å². The Hall–Kier alpha value is -4.24. The summed E-state index contributed by atoms with van der Waals surface area (Å²) in [6.07, 6.45) is 0. The van der Waals surface area contributed by atoms with Crippen LogP contribution in [-0.2, 0) is 5.75 Å². The molecule has 5 aromatic rings. The minimum absolute atomic E-state index is 0.0373. The molecule has 0 bridgehead atoms. The van der Waals surface area contributed by atoms with E-state index in [4.69, 9.17) is 4.98 Å². The van der Waals surface area contributed by atoms with E-state index >= 15 is 0 Å². The Kier molecular flexibility index (Phi) is 5.69. The van der Waals surface area contributed by atoms with Crippen molar-refractivity contribution < 1.29 is 4.92 Å². The minimum atomic E-state index is -0.422. The highest BCUT2D eigenvalue weighted by Gasteiger charge is 2.11. The maximum atomic E-state index is 10.9. The number of para-hydroxylation sites is 2. The Bertz CT molecular complexity index is 1390. The Morgan fingerprint density at radius 1 is 0.909 bits per heavy atom. The number of nitro groups is 1. The van der Waals surface area contributed by atoms with E-state index in [-0.39, 0.29) is 5.69 Å². The van der Waals surface area contributed by atoms with Gasteiger partial charge in [0.2, 0.25) is 0 Å². The third-order valence-electron chi connectivity index (χ3n) is 4.90. The number of imidazole rings is 1. The zero-order chi connectivity index (χ0) is 22.6. The van der Waals surface area contributed by atoms with Gasteiger partial charge in [0.15, 0.2) is 5.16 Å². The highest BCUT2D eigenvalue weighted by atomic mass is 32.2. The molecule has 8 nitrogen and oxygen atoms in total. The van der Waals surface area contributed by atoms with Crippen molar-refractivity contribution in [3.63, 3.8) is 0 Å². The van der Waals surface area contributed by atoms with E-state index in [1.165, 1.54) is 23.9 Å². The lowest BCUT2D eigenvalue weighted by Gasteiger charge is -2.10. The third kappa shape index (κ3) is 4.83. The maximum Gasteiger partial charge on any atom is 0.269 e. The van der Waals surface area contributed by atoms with Crippen LogP contribution in [0, 0.1) is 10.1 Å². The summed E-state index contributed by atoms with van der Waals surface area (Å²) in [5, 5.41) is 14.7. The van der Waals surface area contributed by atoms with Crippen molar-refractivity contribution in [2.24, 2.45) is 0 Å². The van der Waals surface area contributed by atoms with E-state index in [1.54, 1.807) is 12.1 Å². The average molecular weight is 455 g/mol. The summed E-state index contributed by atoms with van der Waals surface area (Å²) >= 11 is 1.48. The Morgan fingerprint density at radius 2 is 1.67 bits per heavy atom. The van der Waals surface area contributed by atoms with Crippen LogP contribution in [0.15, 0.2) is 90.1 Å². The summed E-state index contributed by atoms with van der Waals surface area (Å²) in [6.45, 7) is 0. The van der Waals surface area contributed by atoms with Crippen LogP contribution in [0.3, 0.4) is 0 Å². The van der Waals surface area contributed by atoms with Gasteiger partial charge in [-0.3, -0.25) is 10.1 Å². The quantitative estimate of drug-likeness (QED) is 0.135. The van der Waals surface area contributed by atoms with Crippen LogP contribution in [0.5, 0.6) is 0 Å². The van der Waals surface area contributed by atoms with E-state index in [2.05, 4.69) is 20.3 Å². The number of H-pyrrole nitrogens is 1. The van der Waals surface area contributed by atoms with Crippen LogP contribution >= 0.6 is 11.8 Å². The SMILES string of the molecule is O=[N+]([O-])c1ccc(Nc2cc(-c3ccccc3)nc(SCc3nc4ccccc4[nH]3)n2)cc1. The van der Waals surface area contributed by atoms with Gasteiger partial charge in [0, 0.05) is 29.4 Å². The van der Waals surface area contributed by atoms with Gasteiger partial charge in [-0.1, -0.05) is 54.2 Å². The fourth-order valence-corrected chi connectivity index (χ4v) is 4.06. The number of non-ortho nitro benzene ring substituents is 1. The molecular formula is C24H18N6O2S. The number of hydrogen-bond acceptors (Lipinski definition) is 7. The second kappa shape index (κ2) is 9.09. The highest BCUT2D eigenvalue weighted by Crippen LogP contribution is 2.28. The van der Waals surface area contributed by atoms with Gasteiger partial charge < -0.3 is 10.3 Å². The lowest BCUT2D eigenvalue weighted by Crippen LogP contribution is -1.99. The average Bonchev–Trinajstić information content (AvgIpc) is 3.27. The molecule has 0 aliphatic heterocycles. The molecule has 0 atom stereocenters. The van der Waals surface area contributed by atoms with Crippen LogP contribution < -0.4 is 5.32 Å². The third-order valence-corrected chi connectivity index (χ3v) is 5.76. The van der Waals surface area contributed by atoms with Crippen LogP contribution in [0.25, 0.3) is 22.3 Å². The van der Waals surface area contributed by atoms with Gasteiger partial charge in [0.05, 0.1) is 27.4 Å². The van der Waals surface area contributed by atoms with Crippen molar-refractivity contribution in [1.29, 1.82) is 0 Å². The van der Waals surface area contributed by atoms with Crippen molar-refractivity contribution in [3.05, 3.63) is 101 Å². The van der Waals surface area contributed by atoms with E-state index in [1.807, 2.05) is 60.7 Å². The first kappa shape index (κ1) is 20.7. The molecule has 33 heavy (non-hydrogen) atoms. The fraction of sp³-hybridized carbons (Fsp3) is 0.0417. The molecule has 0 unspecified atom stereocenters. The minimum Gasteiger partial charge on any atom is -0.341 e. The number of thioether (sulfide) groups is 1. The molecule has 3 aromatic carbocycles. The molecule has 2 heterocycles. The molecular weight excluding hydrogens is 436 g/mol. The standard InChI is InChI=1S/C24H18N6O2S/c31-30(32)18-12-10-17(11-13-18)25-22-14-21(16-6-2-1-3-7-16)28-24(29-22)33-15-23-26-19-8-4-5-9-20(19)27-23/h1-14H,15H2,(H,26,27)(H,25,28,29). The molecule has 2 N–H and O–H groups in total. The molecule has 0 amide bonds. The van der Waals surface area contributed by atoms with Gasteiger partial charge in [-0.2, -0.15) is 0 Å². The van der Waals surface area contributed by atoms with Gasteiger partial charge in [0.1, 0.15) is 11.6 Å². The molecule has 0 saturated heterocycles. The Labute approximate surface area is 193 Å². The number of hydrogen-bond donors (Lipinski definition) is 2. The molecule has 0 radical (unpaired) electrons. The monoisotopic (exact) mass is 454 g/mol. The van der Waals surface area contributed by atoms with Gasteiger partial charge >= 0.3 is 0 Å². The maximum absolute atomic E-state index is 10.9. The largest absolute Gasteiger partial charge is 0.341 e. The molecule has 0 spiro atoms. The molecule has 0 aliphatic carbocycles. The predicted molar refractivity (Wildman–Crippen MR) is 130 cm³/mol. The number of aromatic amines is 1. The lowest BCUT2D eigenvalue weighted by atomic mass is 10.1. The van der Waals surface area contributed by atoms with E-state index in [0.717, 1.165) is 28.1 Å². The fourth-order valence-electron chi connectivity index (χ4n) is 3.33. The molecule has 0 fully saturated rings. The van der Waals surface area contributed by atoms with Crippen LogP contribution in [0.4, 0.5) is 17.2 Å². The van der Waals surface area contributed by atoms with E-state index in [9.17, 15) is 10.1 Å². The zero-order valence-corrected chi connectivity index (χ0v) is 18.1. The van der Waals surface area contributed by atoms with Crippen molar-refractivity contribution >= 4 is 40.0 Å². The van der Waals surface area contributed by atoms with Crippen molar-refractivity contribution in [3.8, 4) is 11.3 Å². The number of anilines is 2. The van der Waals surface area contributed by atoms with Crippen molar-refractivity contribution in [2.45, 2.75) is 10.9 Å². The summed E-state index contributed by atoms with van der Waals surface area (Å²) in [5.74, 6) is 2.04. The first-order chi connectivity index (χ1) is 16.1. The number of aromatic nitrogens is 4. The summed E-state index contributed by atoms with van der Waals surface area (Å²) in [6, 6.07) is 25.9. The van der Waals surface area contributed by atoms with E-state index in [0.29, 0.717) is 22.4 Å². The first-order valence-electron chi connectivity index (χ1n) is 10.2. The van der Waals surface area contributed by atoms with Crippen LogP contribution in [0.2, 0.25) is 0 Å². The van der Waals surface area contributed by atoms with Gasteiger partial charge in [-0.25, -0.2) is 15.0 Å². The molecule has 162 valence electrons. The van der Waals surface area contributed by atoms with Crippen LogP contribution in [-0.4, -0.2) is 24.9 Å². The van der Waals surface area contributed by atoms with Gasteiger partial charge in [-0.05, 0) is 24.3 Å². The normalized spacial score (nSPS) is 10.9. The number of fused-ring (bicyclic) bond motifs is 1. The molecule has 5 rings (SSSR count). The first-order valence-corrected chi connectivity index (χ1v) is 11.1. The van der Waals surface area contributed by atoms with E-state index < -0.39 is 4.92 Å². The second-order valence-corrected chi connectivity index (χ2v) is 8.15. The predicted octanol–water partition coefficient (Wildman–Crippen LogP) is 5.96. The number of nitro benzene ring substituents is 1. The highest BCUT2D eigenvalue weighted by molar-refractivity contribution is 7.98. The van der Waals surface area contributed by atoms with Crippen molar-refractivity contribution in [2.75, 3.05) is 5.32 Å². The number of benzene rings is 3. The van der Waals surface area contributed by atoms with Crippen LogP contribution in [0.1, 0.15) is 5.82 Å². The summed E-state index contributed by atoms with van der Waals surface area (Å²) in [4.78, 5) is 27.8. The number of nitrogens with zero attached hydrogens (tertiary/aromatic N) is 4. The molecule has 2 aromatic heterocycles. The summed E-state index contributed by atoms with van der Waals surface area (Å²) in [7, 11) is 0. The Balaban J connectivity index is 1.42. The van der Waals surface area contributed by atoms with Crippen molar-refractivity contribution in [1.82, 2.24) is 19.9 Å². The van der Waals surface area contributed by atoms with Gasteiger partial charge in [0.25, 0.3) is 5.69 Å². The number of rotatable bonds is 7. The summed E-state index contributed by atoms with van der Waals surface area (Å²) < 4.78 is 0. The Morgan fingerprint density at radius 3 is 2.42 bits per heavy atom. The number of nitrogens with one attached hydrogen (secondary N) is 2. The lowest BCUT2D eigenvalue weighted by molar-refractivity contribution is -0.384. The zero-order valence-electron chi connectivity index (χ0n) is 17.3. The second-order valence-electron chi connectivity index (χ2n) is 7.21. The molecule has 0 aliphatic rings. The summed E-state index contributed by atoms with van der Waals surface area (Å²) in [5.41, 5.74) is 4.40. The molecule has 0 saturated carbocycles. The topological polar surface area (TPSA) is 110 Å².